The van der Waals surface area contributed by atoms with Gasteiger partial charge in [0.05, 0.1) is 0 Å². The quantitative estimate of drug-likeness (QED) is 0.694. The van der Waals surface area contributed by atoms with E-state index in [1.165, 1.54) is 0 Å². The first-order chi connectivity index (χ1) is 5.20. The van der Waals surface area contributed by atoms with Gasteiger partial charge < -0.3 is 9.67 Å². The molecule has 0 atom stereocenters. The molecule has 1 rings (SSSR count). The normalized spacial score (nSPS) is 10.0. The van der Waals surface area contributed by atoms with E-state index < -0.39 is 0 Å². The van der Waals surface area contributed by atoms with Crippen molar-refractivity contribution in [3.8, 4) is 5.88 Å². The molecule has 0 saturated carbocycles. The highest BCUT2D eigenvalue weighted by atomic mass is 16.3. The van der Waals surface area contributed by atoms with Gasteiger partial charge in [0.25, 0.3) is 0 Å². The van der Waals surface area contributed by atoms with Crippen LogP contribution < -0.4 is 0 Å². The van der Waals surface area contributed by atoms with Crippen LogP contribution in [-0.4, -0.2) is 14.7 Å². The van der Waals surface area contributed by atoms with Gasteiger partial charge in [-0.2, -0.15) is 0 Å². The summed E-state index contributed by atoms with van der Waals surface area (Å²) in [7, 11) is 1.79. The Morgan fingerprint density at radius 2 is 2.36 bits per heavy atom. The van der Waals surface area contributed by atoms with E-state index in [1.54, 1.807) is 17.7 Å². The zero-order valence-electron chi connectivity index (χ0n) is 6.83. The summed E-state index contributed by atoms with van der Waals surface area (Å²) >= 11 is 0. The summed E-state index contributed by atoms with van der Waals surface area (Å²) in [5.41, 5.74) is 0.560. The van der Waals surface area contributed by atoms with Crippen molar-refractivity contribution < 1.29 is 5.11 Å². The minimum absolute atomic E-state index is 0.192. The van der Waals surface area contributed by atoms with Crippen LogP contribution in [-0.2, 0) is 13.5 Å². The van der Waals surface area contributed by atoms with Gasteiger partial charge in [-0.25, -0.2) is 4.98 Å². The van der Waals surface area contributed by atoms with E-state index >= 15 is 0 Å². The Hall–Kier alpha value is -1.25. The van der Waals surface area contributed by atoms with Crippen molar-refractivity contribution in [2.45, 2.75) is 13.3 Å². The monoisotopic (exact) mass is 152 g/mol. The minimum Gasteiger partial charge on any atom is -0.493 e. The van der Waals surface area contributed by atoms with E-state index in [2.05, 4.69) is 11.6 Å². The molecule has 1 aromatic rings. The van der Waals surface area contributed by atoms with E-state index in [0.29, 0.717) is 5.69 Å². The van der Waals surface area contributed by atoms with E-state index in [0.717, 1.165) is 12.2 Å². The summed E-state index contributed by atoms with van der Waals surface area (Å²) in [6.07, 6.45) is 2.37. The van der Waals surface area contributed by atoms with Gasteiger partial charge >= 0.3 is 0 Å². The molecule has 0 aliphatic heterocycles. The lowest BCUT2D eigenvalue weighted by Gasteiger charge is -1.96. The second-order valence-corrected chi connectivity index (χ2v) is 2.35. The van der Waals surface area contributed by atoms with E-state index in [1.807, 2.05) is 6.92 Å². The maximum atomic E-state index is 9.38. The highest BCUT2D eigenvalue weighted by Gasteiger charge is 2.08. The molecular formula is C8H12N2O. The number of hydrogen-bond donors (Lipinski definition) is 1. The first kappa shape index (κ1) is 7.85. The Bertz CT molecular complexity index is 276. The van der Waals surface area contributed by atoms with Crippen molar-refractivity contribution in [3.05, 3.63) is 18.1 Å². The van der Waals surface area contributed by atoms with Gasteiger partial charge in [0.1, 0.15) is 11.5 Å². The Balaban J connectivity index is 3.22. The van der Waals surface area contributed by atoms with Gasteiger partial charge in [-0.05, 0) is 6.08 Å². The van der Waals surface area contributed by atoms with E-state index in [-0.39, 0.29) is 5.88 Å². The van der Waals surface area contributed by atoms with Crippen LogP contribution in [0.4, 0.5) is 0 Å². The first-order valence-electron chi connectivity index (χ1n) is 3.57. The number of aromatic nitrogens is 2. The number of nitrogens with zero attached hydrogens (tertiary/aromatic N) is 2. The van der Waals surface area contributed by atoms with Crippen molar-refractivity contribution in [2.75, 3.05) is 0 Å². The summed E-state index contributed by atoms with van der Waals surface area (Å²) in [6.45, 7) is 5.54. The highest BCUT2D eigenvalue weighted by Crippen LogP contribution is 2.18. The smallest absolute Gasteiger partial charge is 0.218 e. The molecule has 11 heavy (non-hydrogen) atoms. The molecule has 0 radical (unpaired) electrons. The lowest BCUT2D eigenvalue weighted by molar-refractivity contribution is 0.428. The molecule has 0 aliphatic rings. The van der Waals surface area contributed by atoms with Gasteiger partial charge in [-0.1, -0.05) is 13.5 Å². The summed E-state index contributed by atoms with van der Waals surface area (Å²) < 4.78 is 1.66. The maximum Gasteiger partial charge on any atom is 0.218 e. The number of imidazole rings is 1. The molecule has 0 saturated heterocycles. The predicted molar refractivity (Wildman–Crippen MR) is 44.3 cm³/mol. The molecule has 3 nitrogen and oxygen atoms in total. The SMILES string of the molecule is C=Cc1nc(CC)n(C)c1O. The fourth-order valence-electron chi connectivity index (χ4n) is 1.01. The topological polar surface area (TPSA) is 38.0 Å². The summed E-state index contributed by atoms with van der Waals surface area (Å²) in [5, 5.41) is 9.38. The molecule has 0 fully saturated rings. The molecule has 1 N–H and O–H groups in total. The van der Waals surface area contributed by atoms with Crippen molar-refractivity contribution in [3.63, 3.8) is 0 Å². The zero-order chi connectivity index (χ0) is 8.43. The molecule has 1 aromatic heterocycles. The van der Waals surface area contributed by atoms with Gasteiger partial charge in [0.15, 0.2) is 0 Å². The standard InChI is InChI=1S/C8H12N2O/c1-4-6-8(11)10(3)7(5-2)9-6/h4,11H,1,5H2,2-3H3. The van der Waals surface area contributed by atoms with Crippen LogP contribution in [0, 0.1) is 0 Å². The fourth-order valence-corrected chi connectivity index (χ4v) is 1.01. The third-order valence-corrected chi connectivity index (χ3v) is 1.69. The third kappa shape index (κ3) is 1.13. The molecule has 0 aliphatic carbocycles. The largest absolute Gasteiger partial charge is 0.493 e. The van der Waals surface area contributed by atoms with Crippen molar-refractivity contribution >= 4 is 6.08 Å². The van der Waals surface area contributed by atoms with Gasteiger partial charge in [0, 0.05) is 13.5 Å². The van der Waals surface area contributed by atoms with Crippen molar-refractivity contribution in [1.29, 1.82) is 0 Å². The van der Waals surface area contributed by atoms with E-state index in [9.17, 15) is 5.11 Å². The molecule has 0 amide bonds. The average molecular weight is 152 g/mol. The van der Waals surface area contributed by atoms with Crippen LogP contribution >= 0.6 is 0 Å². The molecule has 0 bridgehead atoms. The van der Waals surface area contributed by atoms with Crippen molar-refractivity contribution in [1.82, 2.24) is 9.55 Å². The second-order valence-electron chi connectivity index (χ2n) is 2.35. The molecule has 1 heterocycles. The molecule has 0 unspecified atom stereocenters. The van der Waals surface area contributed by atoms with E-state index in [4.69, 9.17) is 0 Å². The maximum absolute atomic E-state index is 9.38. The first-order valence-corrected chi connectivity index (χ1v) is 3.57. The van der Waals surface area contributed by atoms with Crippen LogP contribution in [0.1, 0.15) is 18.4 Å². The van der Waals surface area contributed by atoms with Crippen molar-refractivity contribution in [2.24, 2.45) is 7.05 Å². The molecule has 60 valence electrons. The Morgan fingerprint density at radius 3 is 2.64 bits per heavy atom. The zero-order valence-corrected chi connectivity index (χ0v) is 6.83. The van der Waals surface area contributed by atoms with Crippen LogP contribution in [0.2, 0.25) is 0 Å². The molecule has 0 aromatic carbocycles. The lowest BCUT2D eigenvalue weighted by atomic mass is 10.4. The Labute approximate surface area is 66.0 Å². The number of rotatable bonds is 2. The van der Waals surface area contributed by atoms with Crippen LogP contribution in [0.3, 0.4) is 0 Å². The number of hydrogen-bond acceptors (Lipinski definition) is 2. The summed E-state index contributed by atoms with van der Waals surface area (Å²) in [4.78, 5) is 4.14. The summed E-state index contributed by atoms with van der Waals surface area (Å²) in [5.74, 6) is 1.06. The lowest BCUT2D eigenvalue weighted by Crippen LogP contribution is -1.94. The average Bonchev–Trinajstić information content (AvgIpc) is 2.30. The predicted octanol–water partition coefficient (Wildman–Crippen LogP) is 1.33. The second kappa shape index (κ2) is 2.78. The third-order valence-electron chi connectivity index (χ3n) is 1.69. The molecule has 0 spiro atoms. The van der Waals surface area contributed by atoms with Gasteiger partial charge in [-0.3, -0.25) is 0 Å². The minimum atomic E-state index is 0.192. The molecule has 3 heteroatoms. The van der Waals surface area contributed by atoms with Crippen LogP contribution in [0.5, 0.6) is 5.88 Å². The van der Waals surface area contributed by atoms with Crippen LogP contribution in [0.25, 0.3) is 6.08 Å². The van der Waals surface area contributed by atoms with Crippen LogP contribution in [0.15, 0.2) is 6.58 Å². The van der Waals surface area contributed by atoms with Gasteiger partial charge in [-0.15, -0.1) is 0 Å². The Kier molecular flexibility index (Phi) is 1.98. The fraction of sp³-hybridized carbons (Fsp3) is 0.375. The Morgan fingerprint density at radius 1 is 1.73 bits per heavy atom. The number of aryl methyl sites for hydroxylation is 1. The number of aromatic hydroxyl groups is 1. The summed E-state index contributed by atoms with van der Waals surface area (Å²) in [6, 6.07) is 0. The molecular weight excluding hydrogens is 140 g/mol. The van der Waals surface area contributed by atoms with Gasteiger partial charge in [0.2, 0.25) is 5.88 Å². The highest BCUT2D eigenvalue weighted by molar-refractivity contribution is 5.48.